The fraction of sp³-hybridized carbons (Fsp3) is 0.286. The van der Waals surface area contributed by atoms with Crippen molar-refractivity contribution >= 4 is 69.1 Å². The third-order valence-corrected chi connectivity index (χ3v) is 5.94. The number of nitro groups is 1. The van der Waals surface area contributed by atoms with Gasteiger partial charge in [-0.1, -0.05) is 5.16 Å². The maximum Gasteiger partial charge on any atom is 0.347 e. The molecule has 16 nitrogen and oxygen atoms in total. The van der Waals surface area contributed by atoms with Crippen LogP contribution in [0.5, 0.6) is 0 Å². The minimum absolute atomic E-state index is 0.0714. The summed E-state index contributed by atoms with van der Waals surface area (Å²) in [6, 6.07) is 3.12. The number of nitrogens with one attached hydrogen (secondary N) is 4. The zero-order valence-corrected chi connectivity index (χ0v) is 21.5. The molecule has 2 atom stereocenters. The van der Waals surface area contributed by atoms with Gasteiger partial charge in [0.25, 0.3) is 11.6 Å². The van der Waals surface area contributed by atoms with E-state index in [-0.39, 0.29) is 29.0 Å². The second-order valence-electron chi connectivity index (χ2n) is 7.57. The Morgan fingerprint density at radius 3 is 2.59 bits per heavy atom. The summed E-state index contributed by atoms with van der Waals surface area (Å²) in [5.41, 5.74) is -0.174. The van der Waals surface area contributed by atoms with E-state index in [4.69, 9.17) is 21.2 Å². The van der Waals surface area contributed by atoms with Crippen LogP contribution in [0.2, 0.25) is 0 Å². The van der Waals surface area contributed by atoms with Crippen LogP contribution in [0.3, 0.4) is 0 Å². The lowest BCUT2D eigenvalue weighted by molar-refractivity contribution is -0.384. The molecule has 1 saturated heterocycles. The quantitative estimate of drug-likeness (QED) is 0.0623. The first-order chi connectivity index (χ1) is 18.6. The Balaban J connectivity index is 1.67. The number of halogens is 1. The number of ether oxygens (including phenoxy) is 1. The first kappa shape index (κ1) is 28.9. The van der Waals surface area contributed by atoms with Crippen LogP contribution < -0.4 is 21.3 Å². The average Bonchev–Trinajstić information content (AvgIpc) is 3.38. The summed E-state index contributed by atoms with van der Waals surface area (Å²) >= 11 is 6.40. The number of nitro benzene ring substituents is 1. The number of carbonyl (C=O) groups is 5. The van der Waals surface area contributed by atoms with Gasteiger partial charge in [-0.25, -0.2) is 9.78 Å². The number of β-lactam (4-membered cyclic amide) rings is 1. The van der Waals surface area contributed by atoms with Crippen LogP contribution in [0, 0.1) is 10.1 Å². The fourth-order valence-electron chi connectivity index (χ4n) is 2.98. The highest BCUT2D eigenvalue weighted by atomic mass is 35.5. The van der Waals surface area contributed by atoms with Crippen molar-refractivity contribution in [2.75, 3.05) is 24.9 Å². The summed E-state index contributed by atoms with van der Waals surface area (Å²) in [5, 5.41) is 25.3. The molecule has 1 aliphatic rings. The Labute approximate surface area is 228 Å². The lowest BCUT2D eigenvalue weighted by Crippen LogP contribution is -2.73. The number of non-ortho nitro benzene ring substituents is 1. The molecule has 0 aliphatic carbocycles. The first-order valence-corrected chi connectivity index (χ1v) is 12.3. The number of aromatic nitrogens is 1. The first-order valence-electron chi connectivity index (χ1n) is 10.9. The van der Waals surface area contributed by atoms with Gasteiger partial charge in [-0.3, -0.25) is 29.3 Å². The number of rotatable bonds is 12. The normalized spacial score (nSPS) is 16.3. The number of thiazole rings is 1. The number of alkyl halides is 1. The highest BCUT2D eigenvalue weighted by molar-refractivity contribution is 7.14. The van der Waals surface area contributed by atoms with E-state index >= 15 is 0 Å². The molecule has 0 saturated carbocycles. The zero-order chi connectivity index (χ0) is 28.5. The second kappa shape index (κ2) is 13.2. The van der Waals surface area contributed by atoms with Gasteiger partial charge in [-0.15, -0.1) is 22.9 Å². The third kappa shape index (κ3) is 7.68. The number of esters is 1. The van der Waals surface area contributed by atoms with Gasteiger partial charge >= 0.3 is 5.97 Å². The summed E-state index contributed by atoms with van der Waals surface area (Å²) < 4.78 is 5.02. The van der Waals surface area contributed by atoms with Crippen molar-refractivity contribution in [2.24, 2.45) is 5.16 Å². The summed E-state index contributed by atoms with van der Waals surface area (Å²) in [4.78, 5) is 79.6. The van der Waals surface area contributed by atoms with E-state index in [9.17, 15) is 34.1 Å². The number of hydrogen-bond donors (Lipinski definition) is 4. The monoisotopic (exact) mass is 581 g/mol. The van der Waals surface area contributed by atoms with E-state index in [1.54, 1.807) is 0 Å². The van der Waals surface area contributed by atoms with Crippen LogP contribution in [0.1, 0.15) is 11.3 Å². The van der Waals surface area contributed by atoms with E-state index in [1.165, 1.54) is 36.7 Å². The highest BCUT2D eigenvalue weighted by Gasteiger charge is 2.45. The molecule has 2 aromatic rings. The Morgan fingerprint density at radius 2 is 1.97 bits per heavy atom. The van der Waals surface area contributed by atoms with Crippen molar-refractivity contribution in [1.29, 1.82) is 0 Å². The average molecular weight is 582 g/mol. The van der Waals surface area contributed by atoms with Crippen molar-refractivity contribution in [3.63, 3.8) is 0 Å². The Hall–Kier alpha value is -4.64. The maximum atomic E-state index is 13.0. The van der Waals surface area contributed by atoms with Gasteiger partial charge in [0.2, 0.25) is 24.3 Å². The molecule has 18 heteroatoms. The number of amides is 4. The van der Waals surface area contributed by atoms with Crippen molar-refractivity contribution in [1.82, 2.24) is 20.9 Å². The van der Waals surface area contributed by atoms with Crippen molar-refractivity contribution in [3.8, 4) is 0 Å². The lowest BCUT2D eigenvalue weighted by atomic mass is 9.98. The van der Waals surface area contributed by atoms with E-state index < -0.39 is 58.9 Å². The van der Waals surface area contributed by atoms with Crippen LogP contribution >= 0.6 is 22.9 Å². The minimum Gasteiger partial charge on any atom is -0.458 e. The molecule has 4 amide bonds. The molecule has 0 bridgehead atoms. The smallest absolute Gasteiger partial charge is 0.347 e. The summed E-state index contributed by atoms with van der Waals surface area (Å²) in [6.45, 7) is -0.931. The number of hydrogen-bond acceptors (Lipinski definition) is 12. The molecule has 39 heavy (non-hydrogen) atoms. The minimum atomic E-state index is -1.21. The number of benzene rings is 1. The van der Waals surface area contributed by atoms with Gasteiger partial charge < -0.3 is 30.8 Å². The third-order valence-electron chi connectivity index (χ3n) is 4.94. The van der Waals surface area contributed by atoms with E-state index in [1.807, 2.05) is 0 Å². The fourth-order valence-corrected chi connectivity index (χ4v) is 3.76. The lowest BCUT2D eigenvalue weighted by Gasteiger charge is -2.35. The number of anilines is 1. The summed E-state index contributed by atoms with van der Waals surface area (Å²) in [7, 11) is 1.36. The number of nitrogens with zero attached hydrogens (tertiary/aromatic N) is 3. The van der Waals surface area contributed by atoms with Crippen LogP contribution in [-0.2, 0) is 40.2 Å². The Kier molecular flexibility index (Phi) is 9.82. The summed E-state index contributed by atoms with van der Waals surface area (Å²) in [6.07, 6.45) is 0. The van der Waals surface area contributed by atoms with E-state index in [0.29, 0.717) is 5.56 Å². The molecule has 1 aromatic carbocycles. The highest BCUT2D eigenvalue weighted by Crippen LogP contribution is 2.17. The maximum absolute atomic E-state index is 13.0. The zero-order valence-electron chi connectivity index (χ0n) is 20.0. The van der Waals surface area contributed by atoms with Crippen LogP contribution in [0.25, 0.3) is 0 Å². The standard InChI is InChI=1S/C21H20ClN7O9S/c1-23-18(32)16-17(20(34)26-16)27-19(33)15(12-9-39-21(24-12)25-13(30)6-22)28-38-8-14(31)37-7-10-2-4-11(5-3-10)29(35)36/h2-5,9,16-17H,6-8H2,1H3,(H,23,32)(H,26,34)(H,27,33)(H,24,25,30)/b28-15-/t16-,17-/m0/s1. The van der Waals surface area contributed by atoms with E-state index in [2.05, 4.69) is 31.4 Å². The predicted octanol–water partition coefficient (Wildman–Crippen LogP) is -0.578. The second-order valence-corrected chi connectivity index (χ2v) is 8.69. The molecular formula is C21H20ClN7O9S. The topological polar surface area (TPSA) is 220 Å². The van der Waals surface area contributed by atoms with Crippen molar-refractivity contribution in [2.45, 2.75) is 18.7 Å². The molecule has 1 aliphatic heterocycles. The molecule has 0 radical (unpaired) electrons. The molecule has 1 fully saturated rings. The van der Waals surface area contributed by atoms with Gasteiger partial charge in [-0.05, 0) is 17.7 Å². The Bertz CT molecular complexity index is 1320. The van der Waals surface area contributed by atoms with Crippen LogP contribution in [0.15, 0.2) is 34.8 Å². The molecule has 3 rings (SSSR count). The van der Waals surface area contributed by atoms with Crippen molar-refractivity contribution in [3.05, 3.63) is 51.0 Å². The molecule has 2 heterocycles. The number of likely N-dealkylation sites (N-methyl/N-ethyl adjacent to an activating group) is 1. The van der Waals surface area contributed by atoms with Crippen LogP contribution in [-0.4, -0.2) is 76.8 Å². The van der Waals surface area contributed by atoms with Gasteiger partial charge in [0.05, 0.1) is 4.92 Å². The summed E-state index contributed by atoms with van der Waals surface area (Å²) in [5.74, 6) is -3.86. The number of oxime groups is 1. The Morgan fingerprint density at radius 1 is 1.26 bits per heavy atom. The van der Waals surface area contributed by atoms with Gasteiger partial charge in [0, 0.05) is 24.6 Å². The van der Waals surface area contributed by atoms with Gasteiger partial charge in [0.1, 0.15) is 30.3 Å². The molecule has 1 aromatic heterocycles. The molecule has 0 unspecified atom stereocenters. The number of carbonyl (C=O) groups excluding carboxylic acids is 5. The molecule has 0 spiro atoms. The van der Waals surface area contributed by atoms with Crippen molar-refractivity contribution < 1.29 is 38.5 Å². The van der Waals surface area contributed by atoms with E-state index in [0.717, 1.165) is 11.3 Å². The molecule has 4 N–H and O–H groups in total. The van der Waals surface area contributed by atoms with Gasteiger partial charge in [-0.2, -0.15) is 0 Å². The molecule has 206 valence electrons. The van der Waals surface area contributed by atoms with Crippen LogP contribution in [0.4, 0.5) is 10.8 Å². The van der Waals surface area contributed by atoms with Gasteiger partial charge in [0.15, 0.2) is 10.8 Å². The molecular weight excluding hydrogens is 562 g/mol. The largest absolute Gasteiger partial charge is 0.458 e. The SMILES string of the molecule is CNC(=O)[C@H]1NC(=O)[C@H]1NC(=O)/C(=N\OCC(=O)OCc1ccc([N+](=O)[O-])cc1)c1csc(NC(=O)CCl)n1. The predicted molar refractivity (Wildman–Crippen MR) is 135 cm³/mol.